The molecule has 0 N–H and O–H groups in total. The van der Waals surface area contributed by atoms with Crippen molar-refractivity contribution in [3.8, 4) is 11.4 Å². The molecular formula is C34H33Cl2N3O5. The van der Waals surface area contributed by atoms with Gasteiger partial charge in [0.2, 0.25) is 5.60 Å². The maximum atomic E-state index is 13.7. The summed E-state index contributed by atoms with van der Waals surface area (Å²) in [4.78, 5) is 47.2. The largest absolute Gasteiger partial charge is 0.457 e. The topological polar surface area (TPSA) is 90.7 Å². The summed E-state index contributed by atoms with van der Waals surface area (Å²) in [5, 5.41) is 0.989. The van der Waals surface area contributed by atoms with Crippen molar-refractivity contribution in [1.29, 1.82) is 0 Å². The Labute approximate surface area is 265 Å². The minimum absolute atomic E-state index is 0.108. The highest BCUT2D eigenvalue weighted by molar-refractivity contribution is 6.18. The van der Waals surface area contributed by atoms with Crippen molar-refractivity contribution in [2.45, 2.75) is 51.4 Å². The summed E-state index contributed by atoms with van der Waals surface area (Å²) >= 11 is 11.9. The van der Waals surface area contributed by atoms with Gasteiger partial charge in [-0.1, -0.05) is 37.3 Å². The number of rotatable bonds is 11. The molecule has 0 amide bonds. The third-order valence-electron chi connectivity index (χ3n) is 8.53. The van der Waals surface area contributed by atoms with Crippen molar-refractivity contribution >= 4 is 51.7 Å². The van der Waals surface area contributed by atoms with Gasteiger partial charge in [0.25, 0.3) is 5.56 Å². The molecule has 6 rings (SSSR count). The summed E-state index contributed by atoms with van der Waals surface area (Å²) < 4.78 is 13.1. The average molecular weight is 635 g/mol. The van der Waals surface area contributed by atoms with Crippen LogP contribution in [0.3, 0.4) is 0 Å². The Kier molecular flexibility index (Phi) is 8.65. The second-order valence-electron chi connectivity index (χ2n) is 11.1. The van der Waals surface area contributed by atoms with Crippen LogP contribution >= 0.6 is 23.2 Å². The SMILES string of the molecule is CC[C@@]1(OC(=O)CCCc2ccc(N(CCCl)CCCl)cc2)C(=O)OCc2c1cc1n(c2=O)Cc2cc3ccccc3nc2-1. The average Bonchev–Trinajstić information content (AvgIpc) is 3.39. The summed E-state index contributed by atoms with van der Waals surface area (Å²) in [5.41, 5.74) is 3.92. The number of cyclic esters (lactones) is 1. The molecule has 0 spiro atoms. The number of hydrogen-bond donors (Lipinski definition) is 0. The summed E-state index contributed by atoms with van der Waals surface area (Å²) in [6, 6.07) is 19.7. The third-order valence-corrected chi connectivity index (χ3v) is 8.87. The van der Waals surface area contributed by atoms with Crippen molar-refractivity contribution in [3.05, 3.63) is 93.3 Å². The molecule has 0 unspecified atom stereocenters. The van der Waals surface area contributed by atoms with Crippen molar-refractivity contribution in [2.24, 2.45) is 0 Å². The van der Waals surface area contributed by atoms with Gasteiger partial charge in [0.1, 0.15) is 6.61 Å². The number of para-hydroxylation sites is 1. The molecule has 1 atom stereocenters. The van der Waals surface area contributed by atoms with E-state index in [0.717, 1.165) is 27.7 Å². The number of carbonyl (C=O) groups excluding carboxylic acids is 2. The van der Waals surface area contributed by atoms with Crippen molar-refractivity contribution in [3.63, 3.8) is 0 Å². The zero-order valence-corrected chi connectivity index (χ0v) is 26.0. The van der Waals surface area contributed by atoms with Gasteiger partial charge >= 0.3 is 11.9 Å². The Hall–Kier alpha value is -3.88. The summed E-state index contributed by atoms with van der Waals surface area (Å²) in [6.07, 6.45) is 1.43. The molecule has 0 fully saturated rings. The van der Waals surface area contributed by atoms with E-state index in [2.05, 4.69) is 4.90 Å². The summed E-state index contributed by atoms with van der Waals surface area (Å²) in [6.45, 7) is 3.38. The molecule has 2 aromatic heterocycles. The number of anilines is 1. The quantitative estimate of drug-likeness (QED) is 0.131. The molecule has 10 heteroatoms. The van der Waals surface area contributed by atoms with E-state index in [-0.39, 0.29) is 25.0 Å². The number of alkyl halides is 2. The number of esters is 2. The molecule has 2 aliphatic heterocycles. The van der Waals surface area contributed by atoms with Gasteiger partial charge in [-0.2, -0.15) is 0 Å². The number of pyridine rings is 2. The Morgan fingerprint density at radius 3 is 2.55 bits per heavy atom. The van der Waals surface area contributed by atoms with E-state index >= 15 is 0 Å². The van der Waals surface area contributed by atoms with E-state index in [1.54, 1.807) is 17.6 Å². The van der Waals surface area contributed by atoms with Crippen LogP contribution in [0.2, 0.25) is 0 Å². The number of nitrogens with zero attached hydrogens (tertiary/aromatic N) is 3. The predicted molar refractivity (Wildman–Crippen MR) is 171 cm³/mol. The Bertz CT molecular complexity index is 1780. The first-order valence-corrected chi connectivity index (χ1v) is 16.0. The van der Waals surface area contributed by atoms with Crippen LogP contribution in [0.15, 0.2) is 65.5 Å². The number of fused-ring (bicyclic) bond motifs is 5. The van der Waals surface area contributed by atoms with Crippen LogP contribution in [0.5, 0.6) is 0 Å². The number of aryl methyl sites for hydroxylation is 1. The molecule has 0 aliphatic carbocycles. The van der Waals surface area contributed by atoms with Crippen LogP contribution < -0.4 is 10.5 Å². The highest BCUT2D eigenvalue weighted by Gasteiger charge is 2.50. The van der Waals surface area contributed by atoms with Crippen LogP contribution in [-0.2, 0) is 44.2 Å². The highest BCUT2D eigenvalue weighted by atomic mass is 35.5. The van der Waals surface area contributed by atoms with E-state index in [4.69, 9.17) is 37.7 Å². The van der Waals surface area contributed by atoms with Gasteiger partial charge < -0.3 is 18.9 Å². The van der Waals surface area contributed by atoms with Gasteiger partial charge in [-0.15, -0.1) is 23.2 Å². The van der Waals surface area contributed by atoms with Gasteiger partial charge in [-0.05, 0) is 55.2 Å². The maximum absolute atomic E-state index is 13.7. The molecule has 0 bridgehead atoms. The third kappa shape index (κ3) is 5.46. The lowest BCUT2D eigenvalue weighted by Gasteiger charge is -2.35. The van der Waals surface area contributed by atoms with Gasteiger partial charge in [-0.3, -0.25) is 9.59 Å². The van der Waals surface area contributed by atoms with Gasteiger partial charge in [0.15, 0.2) is 0 Å². The zero-order valence-electron chi connectivity index (χ0n) is 24.5. The Morgan fingerprint density at radius 2 is 1.82 bits per heavy atom. The normalized spacial score (nSPS) is 16.7. The number of hydrogen-bond acceptors (Lipinski definition) is 7. The second-order valence-corrected chi connectivity index (χ2v) is 11.9. The summed E-state index contributed by atoms with van der Waals surface area (Å²) in [5.74, 6) is -0.161. The van der Waals surface area contributed by atoms with E-state index in [1.165, 1.54) is 0 Å². The number of benzene rings is 2. The molecule has 2 aliphatic rings. The second kappa shape index (κ2) is 12.6. The minimum atomic E-state index is -1.70. The molecule has 4 aromatic rings. The van der Waals surface area contributed by atoms with Crippen LogP contribution in [-0.4, -0.2) is 46.3 Å². The first kappa shape index (κ1) is 30.2. The predicted octanol–water partition coefficient (Wildman–Crippen LogP) is 5.94. The van der Waals surface area contributed by atoms with E-state index in [9.17, 15) is 14.4 Å². The van der Waals surface area contributed by atoms with Crippen LogP contribution in [0.4, 0.5) is 5.69 Å². The van der Waals surface area contributed by atoms with Crippen LogP contribution in [0.25, 0.3) is 22.3 Å². The number of ether oxygens (including phenoxy) is 2. The molecule has 0 radical (unpaired) electrons. The monoisotopic (exact) mass is 633 g/mol. The summed E-state index contributed by atoms with van der Waals surface area (Å²) in [7, 11) is 0. The van der Waals surface area contributed by atoms with Gasteiger partial charge in [0, 0.05) is 53.5 Å². The molecule has 8 nitrogen and oxygen atoms in total. The van der Waals surface area contributed by atoms with Crippen molar-refractivity contribution in [2.75, 3.05) is 29.7 Å². The fourth-order valence-corrected chi connectivity index (χ4v) is 6.62. The highest BCUT2D eigenvalue weighted by Crippen LogP contribution is 2.41. The molecule has 2 aromatic carbocycles. The molecule has 228 valence electrons. The van der Waals surface area contributed by atoms with E-state index < -0.39 is 17.5 Å². The molecule has 4 heterocycles. The lowest BCUT2D eigenvalue weighted by molar-refractivity contribution is -0.189. The molecule has 0 saturated heterocycles. The van der Waals surface area contributed by atoms with E-state index in [1.807, 2.05) is 54.6 Å². The zero-order chi connectivity index (χ0) is 30.8. The number of aromatic nitrogens is 2. The standard InChI is InChI=1S/C34H33Cl2N3O5/c1-2-34(44-30(40)9-5-6-22-10-12-25(13-11-22)38(16-14-35)17-15-36)27-19-29-31-24(18-23-7-3-4-8-28(23)37-31)20-39(29)32(41)26(27)21-43-33(34)42/h3-4,7-8,10-13,18-19H,2,5-6,9,14-17,20-21H2,1H3/t34-/m0/s1. The Morgan fingerprint density at radius 1 is 1.07 bits per heavy atom. The van der Waals surface area contributed by atoms with Gasteiger partial charge in [0.05, 0.1) is 29.0 Å². The molecule has 0 saturated carbocycles. The fourth-order valence-electron chi connectivity index (χ4n) is 6.21. The minimum Gasteiger partial charge on any atom is -0.457 e. The molecular weight excluding hydrogens is 601 g/mol. The lowest BCUT2D eigenvalue weighted by Crippen LogP contribution is -2.47. The first-order valence-electron chi connectivity index (χ1n) is 14.9. The van der Waals surface area contributed by atoms with Crippen LogP contribution in [0, 0.1) is 0 Å². The lowest BCUT2D eigenvalue weighted by atomic mass is 9.85. The molecule has 44 heavy (non-hydrogen) atoms. The number of carbonyl (C=O) groups is 2. The Balaban J connectivity index is 1.21. The fraction of sp³-hybridized carbons (Fsp3) is 0.353. The maximum Gasteiger partial charge on any atom is 0.355 e. The number of halogens is 2. The van der Waals surface area contributed by atoms with Crippen molar-refractivity contribution in [1.82, 2.24) is 9.55 Å². The first-order chi connectivity index (χ1) is 21.4. The van der Waals surface area contributed by atoms with Crippen molar-refractivity contribution < 1.29 is 19.1 Å². The van der Waals surface area contributed by atoms with Crippen LogP contribution in [0.1, 0.15) is 48.4 Å². The smallest absolute Gasteiger partial charge is 0.355 e. The van der Waals surface area contributed by atoms with E-state index in [0.29, 0.717) is 66.8 Å². The van der Waals surface area contributed by atoms with Gasteiger partial charge in [-0.25, -0.2) is 9.78 Å².